The lowest BCUT2D eigenvalue weighted by Crippen LogP contribution is -2.26. The van der Waals surface area contributed by atoms with Gasteiger partial charge in [-0.2, -0.15) is 0 Å². The van der Waals surface area contributed by atoms with E-state index in [0.29, 0.717) is 5.56 Å². The molecule has 0 unspecified atom stereocenters. The molecule has 1 aromatic rings. The van der Waals surface area contributed by atoms with Crippen LogP contribution in [0.15, 0.2) is 12.1 Å². The van der Waals surface area contributed by atoms with E-state index in [1.54, 1.807) is 0 Å². The largest absolute Gasteiger partial charge is 0.504 e. The second-order valence-corrected chi connectivity index (χ2v) is 4.71. The van der Waals surface area contributed by atoms with Crippen LogP contribution in [0.2, 0.25) is 0 Å². The van der Waals surface area contributed by atoms with Crippen LogP contribution in [0.5, 0.6) is 17.2 Å². The molecular weight excluding hydrogens is 194 g/mol. The predicted octanol–water partition coefficient (Wildman–Crippen LogP) is 1.85. The Balaban J connectivity index is 3.23. The third-order valence-corrected chi connectivity index (χ3v) is 2.43. The minimum atomic E-state index is -0.521. The summed E-state index contributed by atoms with van der Waals surface area (Å²) in [5.74, 6) is -1.22. The second-order valence-electron chi connectivity index (χ2n) is 4.71. The molecule has 0 saturated carbocycles. The number of nitrogens with two attached hydrogens (primary N) is 1. The highest BCUT2D eigenvalue weighted by atomic mass is 16.3. The lowest BCUT2D eigenvalue weighted by molar-refractivity contribution is 0.309. The van der Waals surface area contributed by atoms with Gasteiger partial charge < -0.3 is 21.1 Å². The summed E-state index contributed by atoms with van der Waals surface area (Å²) in [4.78, 5) is 0. The summed E-state index contributed by atoms with van der Waals surface area (Å²) in [5.41, 5.74) is 6.13. The van der Waals surface area contributed by atoms with Crippen molar-refractivity contribution in [1.82, 2.24) is 0 Å². The van der Waals surface area contributed by atoms with Crippen molar-refractivity contribution in [2.45, 2.75) is 26.8 Å². The van der Waals surface area contributed by atoms with Crippen LogP contribution in [0.3, 0.4) is 0 Å². The molecule has 0 saturated heterocycles. The molecule has 0 radical (unpaired) electrons. The molecule has 4 heteroatoms. The fourth-order valence-electron chi connectivity index (χ4n) is 1.30. The van der Waals surface area contributed by atoms with Gasteiger partial charge in [-0.15, -0.1) is 0 Å². The Bertz CT molecular complexity index is 369. The van der Waals surface area contributed by atoms with Crippen molar-refractivity contribution in [1.29, 1.82) is 0 Å². The molecule has 0 amide bonds. The van der Waals surface area contributed by atoms with E-state index in [2.05, 4.69) is 0 Å². The van der Waals surface area contributed by atoms with Gasteiger partial charge in [0.25, 0.3) is 0 Å². The summed E-state index contributed by atoms with van der Waals surface area (Å²) >= 11 is 0. The lowest BCUT2D eigenvalue weighted by Gasteiger charge is -2.28. The van der Waals surface area contributed by atoms with E-state index < -0.39 is 11.8 Å². The van der Waals surface area contributed by atoms with Gasteiger partial charge in [-0.1, -0.05) is 20.8 Å². The SMILES string of the molecule is CC(C)(C)[C@@H](N)c1ccc(O)c(O)c1O. The average Bonchev–Trinajstić information content (AvgIpc) is 2.12. The molecule has 0 heterocycles. The lowest BCUT2D eigenvalue weighted by atomic mass is 9.82. The molecule has 4 nitrogen and oxygen atoms in total. The molecule has 1 rings (SSSR count). The molecule has 1 aromatic carbocycles. The van der Waals surface area contributed by atoms with Gasteiger partial charge in [0.15, 0.2) is 11.5 Å². The van der Waals surface area contributed by atoms with Crippen LogP contribution in [-0.2, 0) is 0 Å². The fraction of sp³-hybridized carbons (Fsp3) is 0.455. The van der Waals surface area contributed by atoms with E-state index in [4.69, 9.17) is 10.8 Å². The maximum atomic E-state index is 9.62. The van der Waals surface area contributed by atoms with Gasteiger partial charge in [0.2, 0.25) is 5.75 Å². The Morgan fingerprint density at radius 2 is 1.60 bits per heavy atom. The maximum Gasteiger partial charge on any atom is 0.200 e. The van der Waals surface area contributed by atoms with Gasteiger partial charge in [0.1, 0.15) is 0 Å². The summed E-state index contributed by atoms with van der Waals surface area (Å²) in [5, 5.41) is 28.1. The average molecular weight is 211 g/mol. The number of hydrogen-bond donors (Lipinski definition) is 4. The number of benzene rings is 1. The summed E-state index contributed by atoms with van der Waals surface area (Å²) in [7, 11) is 0. The molecule has 0 aromatic heterocycles. The normalized spacial score (nSPS) is 13.9. The first kappa shape index (κ1) is 11.7. The quantitative estimate of drug-likeness (QED) is 0.534. The Hall–Kier alpha value is -1.42. The zero-order valence-corrected chi connectivity index (χ0v) is 9.15. The van der Waals surface area contributed by atoms with Gasteiger partial charge in [-0.05, 0) is 17.5 Å². The second kappa shape index (κ2) is 3.62. The molecule has 0 spiro atoms. The number of aromatic hydroxyl groups is 3. The molecule has 1 atom stereocenters. The Labute approximate surface area is 89.0 Å². The minimum Gasteiger partial charge on any atom is -0.504 e. The molecule has 15 heavy (non-hydrogen) atoms. The van der Waals surface area contributed by atoms with Gasteiger partial charge in [-0.25, -0.2) is 0 Å². The van der Waals surface area contributed by atoms with Gasteiger partial charge in [-0.3, -0.25) is 0 Å². The number of phenols is 3. The van der Waals surface area contributed by atoms with Crippen LogP contribution in [0.4, 0.5) is 0 Å². The molecule has 84 valence electrons. The van der Waals surface area contributed by atoms with Crippen molar-refractivity contribution < 1.29 is 15.3 Å². The Kier molecular flexibility index (Phi) is 2.81. The molecule has 0 bridgehead atoms. The highest BCUT2D eigenvalue weighted by molar-refractivity contribution is 5.54. The minimum absolute atomic E-state index is 0.235. The topological polar surface area (TPSA) is 86.7 Å². The van der Waals surface area contributed by atoms with Crippen molar-refractivity contribution >= 4 is 0 Å². The third kappa shape index (κ3) is 2.15. The van der Waals surface area contributed by atoms with E-state index >= 15 is 0 Å². The molecule has 0 aliphatic carbocycles. The number of phenolic OH excluding ortho intramolecular Hbond substituents is 3. The van der Waals surface area contributed by atoms with Crippen molar-refractivity contribution in [3.63, 3.8) is 0 Å². The van der Waals surface area contributed by atoms with Crippen molar-refractivity contribution in [3.05, 3.63) is 17.7 Å². The molecule has 0 fully saturated rings. The van der Waals surface area contributed by atoms with Crippen molar-refractivity contribution in [2.24, 2.45) is 11.1 Å². The molecule has 0 aliphatic heterocycles. The van der Waals surface area contributed by atoms with Crippen LogP contribution in [-0.4, -0.2) is 15.3 Å². The zero-order chi connectivity index (χ0) is 11.8. The molecule has 5 N–H and O–H groups in total. The summed E-state index contributed by atoms with van der Waals surface area (Å²) in [6, 6.07) is 2.42. The van der Waals surface area contributed by atoms with Gasteiger partial charge in [0, 0.05) is 11.6 Å². The first-order valence-electron chi connectivity index (χ1n) is 4.74. The van der Waals surface area contributed by atoms with E-state index in [0.717, 1.165) is 0 Å². The summed E-state index contributed by atoms with van der Waals surface area (Å²) in [6.07, 6.45) is 0. The molecule has 0 aliphatic rings. The zero-order valence-electron chi connectivity index (χ0n) is 9.15. The summed E-state index contributed by atoms with van der Waals surface area (Å²) < 4.78 is 0. The number of rotatable bonds is 1. The van der Waals surface area contributed by atoms with Crippen molar-refractivity contribution in [3.8, 4) is 17.2 Å². The van der Waals surface area contributed by atoms with Crippen LogP contribution in [0, 0.1) is 5.41 Å². The van der Waals surface area contributed by atoms with E-state index in [1.165, 1.54) is 12.1 Å². The smallest absolute Gasteiger partial charge is 0.200 e. The third-order valence-electron chi connectivity index (χ3n) is 2.43. The van der Waals surface area contributed by atoms with Gasteiger partial charge in [0.05, 0.1) is 0 Å². The fourth-order valence-corrected chi connectivity index (χ4v) is 1.30. The van der Waals surface area contributed by atoms with Crippen LogP contribution >= 0.6 is 0 Å². The highest BCUT2D eigenvalue weighted by Crippen LogP contribution is 2.43. The standard InChI is InChI=1S/C11H17NO3/c1-11(2,3)10(12)6-4-5-7(13)9(15)8(6)14/h4-5,10,13-15H,12H2,1-3H3/t10-/m0/s1. The Morgan fingerprint density at radius 3 is 2.07 bits per heavy atom. The monoisotopic (exact) mass is 211 g/mol. The van der Waals surface area contributed by atoms with Crippen molar-refractivity contribution in [2.75, 3.05) is 0 Å². The maximum absolute atomic E-state index is 9.62. The Morgan fingerprint density at radius 1 is 1.07 bits per heavy atom. The number of hydrogen-bond acceptors (Lipinski definition) is 4. The van der Waals surface area contributed by atoms with Crippen LogP contribution < -0.4 is 5.73 Å². The van der Waals surface area contributed by atoms with Crippen LogP contribution in [0.1, 0.15) is 32.4 Å². The first-order chi connectivity index (χ1) is 6.75. The predicted molar refractivity (Wildman–Crippen MR) is 57.8 cm³/mol. The molecular formula is C11H17NO3. The highest BCUT2D eigenvalue weighted by Gasteiger charge is 2.26. The van der Waals surface area contributed by atoms with Crippen LogP contribution in [0.25, 0.3) is 0 Å². The van der Waals surface area contributed by atoms with E-state index in [-0.39, 0.29) is 16.9 Å². The van der Waals surface area contributed by atoms with Gasteiger partial charge >= 0.3 is 0 Å². The first-order valence-corrected chi connectivity index (χ1v) is 4.74. The van der Waals surface area contributed by atoms with E-state index in [9.17, 15) is 10.2 Å². The van der Waals surface area contributed by atoms with E-state index in [1.807, 2.05) is 20.8 Å². The summed E-state index contributed by atoms with van der Waals surface area (Å²) in [6.45, 7) is 5.79.